The highest BCUT2D eigenvalue weighted by molar-refractivity contribution is 5.91. The number of nitrogens with zero attached hydrogens (tertiary/aromatic N) is 3. The number of hydrogen-bond donors (Lipinski definition) is 2. The highest BCUT2D eigenvalue weighted by atomic mass is 19.1. The van der Waals surface area contributed by atoms with Gasteiger partial charge in [0.1, 0.15) is 11.3 Å². The number of likely N-dealkylation sites (tertiary alicyclic amines) is 1. The van der Waals surface area contributed by atoms with Crippen molar-refractivity contribution in [2.45, 2.75) is 38.1 Å². The SMILES string of the molecule is O=C(C[NH+]1CCC(n2nnc3cc(F)ccc32)CC1)Nc1ccc2c(c1)CCC2. The number of piperidine rings is 1. The van der Waals surface area contributed by atoms with Gasteiger partial charge in [-0.1, -0.05) is 11.3 Å². The first-order valence-corrected chi connectivity index (χ1v) is 10.4. The zero-order valence-corrected chi connectivity index (χ0v) is 16.3. The lowest BCUT2D eigenvalue weighted by Gasteiger charge is -2.29. The van der Waals surface area contributed by atoms with Crippen LogP contribution in [0.3, 0.4) is 0 Å². The molecule has 0 spiro atoms. The summed E-state index contributed by atoms with van der Waals surface area (Å²) in [5.74, 6) is -0.226. The van der Waals surface area contributed by atoms with E-state index in [0.717, 1.165) is 50.0 Å². The minimum atomic E-state index is -0.293. The molecule has 1 aliphatic heterocycles. The summed E-state index contributed by atoms with van der Waals surface area (Å²) in [7, 11) is 0. The standard InChI is InChI=1S/C22H24FN5O/c23-17-5-7-21-20(13-17)25-26-28(21)19-8-10-27(11-9-19)14-22(29)24-18-6-4-15-2-1-3-16(15)12-18/h4-7,12-13,19H,1-3,8-11,14H2,(H,24,29)/p+1. The molecule has 1 aromatic heterocycles. The zero-order valence-electron chi connectivity index (χ0n) is 16.3. The molecule has 1 aliphatic carbocycles. The van der Waals surface area contributed by atoms with E-state index in [0.29, 0.717) is 12.1 Å². The van der Waals surface area contributed by atoms with Crippen LogP contribution < -0.4 is 10.2 Å². The van der Waals surface area contributed by atoms with Gasteiger partial charge in [0.15, 0.2) is 6.54 Å². The molecule has 5 rings (SSSR count). The van der Waals surface area contributed by atoms with E-state index in [1.165, 1.54) is 34.6 Å². The predicted molar refractivity (Wildman–Crippen MR) is 108 cm³/mol. The Kier molecular flexibility index (Phi) is 4.75. The van der Waals surface area contributed by atoms with Gasteiger partial charge >= 0.3 is 0 Å². The summed E-state index contributed by atoms with van der Waals surface area (Å²) in [6.45, 7) is 2.29. The highest BCUT2D eigenvalue weighted by Gasteiger charge is 2.27. The van der Waals surface area contributed by atoms with Crippen molar-refractivity contribution in [2.24, 2.45) is 0 Å². The van der Waals surface area contributed by atoms with Crippen LogP contribution in [0.25, 0.3) is 11.0 Å². The Morgan fingerprint density at radius 2 is 1.97 bits per heavy atom. The number of aryl methyl sites for hydroxylation is 2. The molecule has 6 nitrogen and oxygen atoms in total. The maximum Gasteiger partial charge on any atom is 0.279 e. The van der Waals surface area contributed by atoms with Crippen molar-refractivity contribution in [1.82, 2.24) is 15.0 Å². The molecule has 0 radical (unpaired) electrons. The molecule has 0 saturated carbocycles. The molecule has 7 heteroatoms. The van der Waals surface area contributed by atoms with Crippen LogP contribution >= 0.6 is 0 Å². The van der Waals surface area contributed by atoms with Crippen molar-refractivity contribution >= 4 is 22.6 Å². The van der Waals surface area contributed by atoms with Gasteiger partial charge in [0.2, 0.25) is 0 Å². The van der Waals surface area contributed by atoms with E-state index in [4.69, 9.17) is 0 Å². The van der Waals surface area contributed by atoms with Crippen LogP contribution in [0.4, 0.5) is 10.1 Å². The molecular formula is C22H25FN5O+. The zero-order chi connectivity index (χ0) is 19.8. The monoisotopic (exact) mass is 394 g/mol. The third-order valence-corrected chi connectivity index (χ3v) is 6.23. The lowest BCUT2D eigenvalue weighted by molar-refractivity contribution is -0.897. The summed E-state index contributed by atoms with van der Waals surface area (Å²) in [5, 5.41) is 11.4. The average Bonchev–Trinajstić information content (AvgIpc) is 3.34. The predicted octanol–water partition coefficient (Wildman–Crippen LogP) is 1.92. The Hall–Kier alpha value is -2.80. The molecule has 0 bridgehead atoms. The lowest BCUT2D eigenvalue weighted by atomic mass is 10.0. The van der Waals surface area contributed by atoms with Crippen molar-refractivity contribution in [3.05, 3.63) is 53.3 Å². The normalized spacial score (nSPS) is 21.3. The van der Waals surface area contributed by atoms with Gasteiger partial charge in [0.05, 0.1) is 24.6 Å². The Balaban J connectivity index is 1.17. The number of hydrogen-bond acceptors (Lipinski definition) is 3. The number of quaternary nitrogens is 1. The number of aromatic nitrogens is 3. The van der Waals surface area contributed by atoms with Crippen LogP contribution in [0.1, 0.15) is 36.4 Å². The Bertz CT molecular complexity index is 1050. The molecule has 0 atom stereocenters. The van der Waals surface area contributed by atoms with E-state index in [1.807, 2.05) is 10.7 Å². The Labute approximate surface area is 168 Å². The topological polar surface area (TPSA) is 64.2 Å². The van der Waals surface area contributed by atoms with Crippen LogP contribution in [0.15, 0.2) is 36.4 Å². The van der Waals surface area contributed by atoms with Crippen molar-refractivity contribution < 1.29 is 14.1 Å². The molecule has 2 heterocycles. The summed E-state index contributed by atoms with van der Waals surface area (Å²) in [5.41, 5.74) is 5.16. The number of benzene rings is 2. The summed E-state index contributed by atoms with van der Waals surface area (Å²) in [6, 6.07) is 11.1. The lowest BCUT2D eigenvalue weighted by Crippen LogP contribution is -3.14. The van der Waals surface area contributed by atoms with Gasteiger partial charge in [-0.25, -0.2) is 9.07 Å². The number of halogens is 1. The maximum atomic E-state index is 13.4. The number of amides is 1. The van der Waals surface area contributed by atoms with Crippen LogP contribution in [-0.4, -0.2) is 40.5 Å². The molecule has 1 saturated heterocycles. The fourth-order valence-electron chi connectivity index (χ4n) is 4.70. The quantitative estimate of drug-likeness (QED) is 0.711. The number of fused-ring (bicyclic) bond motifs is 2. The molecule has 2 aliphatic rings. The minimum absolute atomic E-state index is 0.0677. The number of carbonyl (C=O) groups is 1. The second-order valence-corrected chi connectivity index (χ2v) is 8.21. The van der Waals surface area contributed by atoms with Gasteiger partial charge in [0, 0.05) is 24.6 Å². The summed E-state index contributed by atoms with van der Waals surface area (Å²) in [6.07, 6.45) is 5.33. The average molecular weight is 394 g/mol. The van der Waals surface area contributed by atoms with Crippen molar-refractivity contribution in [1.29, 1.82) is 0 Å². The van der Waals surface area contributed by atoms with E-state index in [9.17, 15) is 9.18 Å². The van der Waals surface area contributed by atoms with E-state index in [2.05, 4.69) is 27.8 Å². The van der Waals surface area contributed by atoms with Gasteiger partial charge in [-0.2, -0.15) is 0 Å². The molecule has 2 N–H and O–H groups in total. The summed E-state index contributed by atoms with van der Waals surface area (Å²) in [4.78, 5) is 13.8. The van der Waals surface area contributed by atoms with Crippen LogP contribution in [0, 0.1) is 5.82 Å². The fraction of sp³-hybridized carbons (Fsp3) is 0.409. The van der Waals surface area contributed by atoms with E-state index < -0.39 is 0 Å². The second kappa shape index (κ2) is 7.55. The third-order valence-electron chi connectivity index (χ3n) is 6.23. The number of carbonyl (C=O) groups excluding carboxylic acids is 1. The molecule has 29 heavy (non-hydrogen) atoms. The van der Waals surface area contributed by atoms with Crippen molar-refractivity contribution in [3.63, 3.8) is 0 Å². The van der Waals surface area contributed by atoms with Gasteiger partial charge in [-0.05, 0) is 54.7 Å². The van der Waals surface area contributed by atoms with Gasteiger partial charge in [-0.15, -0.1) is 5.10 Å². The molecule has 2 aromatic carbocycles. The first-order valence-electron chi connectivity index (χ1n) is 10.4. The number of nitrogens with one attached hydrogen (secondary N) is 2. The maximum absolute atomic E-state index is 13.4. The van der Waals surface area contributed by atoms with Crippen LogP contribution in [0.5, 0.6) is 0 Å². The summed E-state index contributed by atoms with van der Waals surface area (Å²) < 4.78 is 15.3. The number of anilines is 1. The van der Waals surface area contributed by atoms with Gasteiger partial charge in [-0.3, -0.25) is 4.79 Å². The molecule has 0 unspecified atom stereocenters. The van der Waals surface area contributed by atoms with Crippen molar-refractivity contribution in [3.8, 4) is 0 Å². The largest absolute Gasteiger partial charge is 0.327 e. The third kappa shape index (κ3) is 3.74. The van der Waals surface area contributed by atoms with Crippen molar-refractivity contribution in [2.75, 3.05) is 25.0 Å². The first-order chi connectivity index (χ1) is 14.2. The van der Waals surface area contributed by atoms with E-state index in [1.54, 1.807) is 6.07 Å². The first kappa shape index (κ1) is 18.2. The fourth-order valence-corrected chi connectivity index (χ4v) is 4.70. The van der Waals surface area contributed by atoms with Crippen LogP contribution in [-0.2, 0) is 17.6 Å². The molecular weight excluding hydrogens is 369 g/mol. The Morgan fingerprint density at radius 3 is 2.83 bits per heavy atom. The van der Waals surface area contributed by atoms with E-state index in [-0.39, 0.29) is 17.8 Å². The molecule has 1 amide bonds. The molecule has 150 valence electrons. The van der Waals surface area contributed by atoms with E-state index >= 15 is 0 Å². The minimum Gasteiger partial charge on any atom is -0.327 e. The second-order valence-electron chi connectivity index (χ2n) is 8.21. The highest BCUT2D eigenvalue weighted by Crippen LogP contribution is 2.25. The molecule has 3 aromatic rings. The summed E-state index contributed by atoms with van der Waals surface area (Å²) >= 11 is 0. The van der Waals surface area contributed by atoms with Gasteiger partial charge in [0.25, 0.3) is 5.91 Å². The van der Waals surface area contributed by atoms with Gasteiger partial charge < -0.3 is 10.2 Å². The van der Waals surface area contributed by atoms with Crippen LogP contribution in [0.2, 0.25) is 0 Å². The smallest absolute Gasteiger partial charge is 0.279 e. The number of rotatable bonds is 4. The Morgan fingerprint density at radius 1 is 1.14 bits per heavy atom. The molecule has 1 fully saturated rings.